The molecule has 1 aliphatic heterocycles. The lowest BCUT2D eigenvalue weighted by molar-refractivity contribution is -0.123. The maximum atomic E-state index is 12.6. The van der Waals surface area contributed by atoms with Gasteiger partial charge in [-0.05, 0) is 42.8 Å². The van der Waals surface area contributed by atoms with Crippen molar-refractivity contribution >= 4 is 29.2 Å². The summed E-state index contributed by atoms with van der Waals surface area (Å²) < 4.78 is 10.8. The van der Waals surface area contributed by atoms with Gasteiger partial charge < -0.3 is 19.7 Å². The van der Waals surface area contributed by atoms with Crippen LogP contribution in [-0.2, 0) is 14.3 Å². The minimum Gasteiger partial charge on any atom is -0.476 e. The van der Waals surface area contributed by atoms with Crippen molar-refractivity contribution in [2.45, 2.75) is 26.4 Å². The van der Waals surface area contributed by atoms with Gasteiger partial charge in [0.1, 0.15) is 5.75 Å². The molecule has 0 spiro atoms. The lowest BCUT2D eigenvalue weighted by Gasteiger charge is -2.33. The van der Waals surface area contributed by atoms with Crippen LogP contribution in [0.3, 0.4) is 0 Å². The number of para-hydroxylation sites is 2. The summed E-state index contributed by atoms with van der Waals surface area (Å²) >= 11 is 0. The molecule has 7 heteroatoms. The fourth-order valence-corrected chi connectivity index (χ4v) is 2.86. The van der Waals surface area contributed by atoms with Gasteiger partial charge in [0.05, 0.1) is 24.4 Å². The van der Waals surface area contributed by atoms with Crippen LogP contribution in [0.15, 0.2) is 48.5 Å². The van der Waals surface area contributed by atoms with Crippen molar-refractivity contribution in [2.75, 3.05) is 23.4 Å². The number of rotatable bonds is 5. The highest BCUT2D eigenvalue weighted by atomic mass is 16.5. The lowest BCUT2D eigenvalue weighted by atomic mass is 10.1. The van der Waals surface area contributed by atoms with Crippen molar-refractivity contribution in [3.63, 3.8) is 0 Å². The Hall–Kier alpha value is -3.35. The minimum absolute atomic E-state index is 0.125. The largest absolute Gasteiger partial charge is 0.476 e. The van der Waals surface area contributed by atoms with E-state index < -0.39 is 12.1 Å². The molecule has 1 atom stereocenters. The van der Waals surface area contributed by atoms with Crippen molar-refractivity contribution < 1.29 is 23.9 Å². The Morgan fingerprint density at radius 3 is 2.54 bits per heavy atom. The van der Waals surface area contributed by atoms with E-state index in [9.17, 15) is 14.4 Å². The van der Waals surface area contributed by atoms with Gasteiger partial charge in [0, 0.05) is 12.6 Å². The molecule has 0 radical (unpaired) electrons. The van der Waals surface area contributed by atoms with Gasteiger partial charge in [-0.25, -0.2) is 4.79 Å². The molecule has 1 heterocycles. The fourth-order valence-electron chi connectivity index (χ4n) is 2.86. The van der Waals surface area contributed by atoms with Crippen LogP contribution in [0, 0.1) is 0 Å². The van der Waals surface area contributed by atoms with Crippen molar-refractivity contribution in [2.24, 2.45) is 0 Å². The number of amides is 2. The Balaban J connectivity index is 1.68. The molecule has 2 amide bonds. The van der Waals surface area contributed by atoms with Crippen molar-refractivity contribution in [1.82, 2.24) is 0 Å². The molecule has 0 saturated carbocycles. The first-order valence-electron chi connectivity index (χ1n) is 9.11. The van der Waals surface area contributed by atoms with E-state index in [1.165, 1.54) is 11.8 Å². The molecule has 7 nitrogen and oxygen atoms in total. The first-order chi connectivity index (χ1) is 13.5. The van der Waals surface area contributed by atoms with E-state index in [4.69, 9.17) is 9.47 Å². The summed E-state index contributed by atoms with van der Waals surface area (Å²) in [6.07, 6.45) is -0.0882. The second-order valence-corrected chi connectivity index (χ2v) is 6.41. The lowest BCUT2D eigenvalue weighted by Crippen LogP contribution is -2.48. The highest BCUT2D eigenvalue weighted by Crippen LogP contribution is 2.33. The maximum Gasteiger partial charge on any atom is 0.338 e. The third-order valence-electron chi connectivity index (χ3n) is 4.27. The number of esters is 1. The Morgan fingerprint density at radius 1 is 1.14 bits per heavy atom. The zero-order valence-electron chi connectivity index (χ0n) is 15.8. The van der Waals surface area contributed by atoms with Crippen LogP contribution in [0.5, 0.6) is 5.75 Å². The molecule has 3 rings (SSSR count). The second-order valence-electron chi connectivity index (χ2n) is 6.41. The van der Waals surface area contributed by atoms with Gasteiger partial charge in [-0.1, -0.05) is 19.1 Å². The highest BCUT2D eigenvalue weighted by molar-refractivity contribution is 5.99. The van der Waals surface area contributed by atoms with E-state index in [0.717, 1.165) is 6.42 Å². The third-order valence-corrected chi connectivity index (χ3v) is 4.27. The average molecular weight is 382 g/mol. The van der Waals surface area contributed by atoms with Crippen LogP contribution in [0.2, 0.25) is 0 Å². The number of ether oxygens (including phenoxy) is 2. The van der Waals surface area contributed by atoms with Gasteiger partial charge >= 0.3 is 5.97 Å². The van der Waals surface area contributed by atoms with Crippen LogP contribution in [0.25, 0.3) is 0 Å². The van der Waals surface area contributed by atoms with Gasteiger partial charge in [0.25, 0.3) is 5.91 Å². The summed E-state index contributed by atoms with van der Waals surface area (Å²) in [5.41, 5.74) is 1.58. The number of hydrogen-bond acceptors (Lipinski definition) is 5. The molecule has 0 bridgehead atoms. The standard InChI is InChI=1S/C21H22N2O5/c1-3-12-27-21(26)15-8-10-16(11-9-15)22-20(25)19-13-23(14(2)24)17-6-4-5-7-18(17)28-19/h4-11,19H,3,12-13H2,1-2H3,(H,22,25)/t19-/m0/s1. The predicted octanol–water partition coefficient (Wildman–Crippen LogP) is 3.01. The number of hydrogen-bond donors (Lipinski definition) is 1. The summed E-state index contributed by atoms with van der Waals surface area (Å²) in [6.45, 7) is 3.86. The molecule has 0 saturated heterocycles. The minimum atomic E-state index is -0.840. The molecule has 0 unspecified atom stereocenters. The molecule has 0 aromatic heterocycles. The molecule has 2 aromatic carbocycles. The van der Waals surface area contributed by atoms with E-state index in [1.54, 1.807) is 42.5 Å². The maximum absolute atomic E-state index is 12.6. The van der Waals surface area contributed by atoms with Crippen LogP contribution >= 0.6 is 0 Å². The molecule has 146 valence electrons. The van der Waals surface area contributed by atoms with Crippen molar-refractivity contribution in [3.05, 3.63) is 54.1 Å². The fraction of sp³-hybridized carbons (Fsp3) is 0.286. The van der Waals surface area contributed by atoms with Gasteiger partial charge in [0.15, 0.2) is 6.10 Å². The van der Waals surface area contributed by atoms with E-state index in [1.807, 2.05) is 13.0 Å². The molecule has 2 aromatic rings. The number of benzene rings is 2. The van der Waals surface area contributed by atoms with Crippen LogP contribution in [-0.4, -0.2) is 37.0 Å². The SMILES string of the molecule is CCCOC(=O)c1ccc(NC(=O)[C@@H]2CN(C(C)=O)c3ccccc3O2)cc1. The average Bonchev–Trinajstić information content (AvgIpc) is 2.71. The number of fused-ring (bicyclic) bond motifs is 1. The Labute approximate surface area is 163 Å². The molecule has 1 N–H and O–H groups in total. The predicted molar refractivity (Wildman–Crippen MR) is 105 cm³/mol. The van der Waals surface area contributed by atoms with E-state index in [-0.39, 0.29) is 18.4 Å². The summed E-state index contributed by atoms with van der Waals surface area (Å²) in [5.74, 6) is -0.451. The van der Waals surface area contributed by atoms with Crippen LogP contribution in [0.1, 0.15) is 30.6 Å². The first kappa shape index (κ1) is 19.4. The summed E-state index contributed by atoms with van der Waals surface area (Å²) in [7, 11) is 0. The summed E-state index contributed by atoms with van der Waals surface area (Å²) in [4.78, 5) is 38.0. The number of carbonyl (C=O) groups is 3. The number of nitrogens with one attached hydrogen (secondary N) is 1. The quantitative estimate of drug-likeness (QED) is 0.804. The van der Waals surface area contributed by atoms with Gasteiger partial charge in [-0.3, -0.25) is 9.59 Å². The van der Waals surface area contributed by atoms with Gasteiger partial charge in [0.2, 0.25) is 5.91 Å². The summed E-state index contributed by atoms with van der Waals surface area (Å²) in [5, 5.41) is 2.76. The zero-order valence-corrected chi connectivity index (χ0v) is 15.8. The Kier molecular flexibility index (Phi) is 5.93. The third kappa shape index (κ3) is 4.31. The molecule has 1 aliphatic rings. The smallest absolute Gasteiger partial charge is 0.338 e. The molecule has 0 fully saturated rings. The topological polar surface area (TPSA) is 84.9 Å². The zero-order chi connectivity index (χ0) is 20.1. The van der Waals surface area contributed by atoms with Crippen molar-refractivity contribution in [3.8, 4) is 5.75 Å². The molecule has 28 heavy (non-hydrogen) atoms. The summed E-state index contributed by atoms with van der Waals surface area (Å²) in [6, 6.07) is 13.5. The van der Waals surface area contributed by atoms with Crippen LogP contribution in [0.4, 0.5) is 11.4 Å². The Bertz CT molecular complexity index is 879. The molecular weight excluding hydrogens is 360 g/mol. The van der Waals surface area contributed by atoms with E-state index in [0.29, 0.717) is 29.3 Å². The monoisotopic (exact) mass is 382 g/mol. The van der Waals surface area contributed by atoms with Gasteiger partial charge in [-0.2, -0.15) is 0 Å². The molecular formula is C21H22N2O5. The van der Waals surface area contributed by atoms with Gasteiger partial charge in [-0.15, -0.1) is 0 Å². The first-order valence-corrected chi connectivity index (χ1v) is 9.11. The number of anilines is 2. The normalized spacial score (nSPS) is 15.2. The van der Waals surface area contributed by atoms with Crippen LogP contribution < -0.4 is 15.0 Å². The highest BCUT2D eigenvalue weighted by Gasteiger charge is 2.32. The number of carbonyl (C=O) groups excluding carboxylic acids is 3. The number of nitrogens with zero attached hydrogens (tertiary/aromatic N) is 1. The van der Waals surface area contributed by atoms with E-state index >= 15 is 0 Å². The van der Waals surface area contributed by atoms with E-state index in [2.05, 4.69) is 5.32 Å². The van der Waals surface area contributed by atoms with Crippen molar-refractivity contribution in [1.29, 1.82) is 0 Å². The molecule has 0 aliphatic carbocycles. The second kappa shape index (κ2) is 8.56. The Morgan fingerprint density at radius 2 is 1.86 bits per heavy atom.